The molecule has 0 amide bonds. The first kappa shape index (κ1) is 11.6. The molecule has 1 aromatic carbocycles. The molecule has 0 fully saturated rings. The molecule has 2 nitrogen and oxygen atoms in total. The normalized spacial score (nSPS) is 12.7. The highest BCUT2D eigenvalue weighted by Crippen LogP contribution is 2.22. The summed E-state index contributed by atoms with van der Waals surface area (Å²) < 4.78 is 3.20. The van der Waals surface area contributed by atoms with Crippen molar-refractivity contribution in [3.05, 3.63) is 42.2 Å². The zero-order valence-electron chi connectivity index (χ0n) is 9.52. The summed E-state index contributed by atoms with van der Waals surface area (Å²) in [5.74, 6) is 1.57. The van der Waals surface area contributed by atoms with E-state index in [1.54, 1.807) is 0 Å². The predicted molar refractivity (Wildman–Crippen MR) is 75.9 cm³/mol. The molecule has 3 heteroatoms. The predicted octanol–water partition coefficient (Wildman–Crippen LogP) is 3.63. The number of nitrogens with zero attached hydrogens (tertiary/aromatic N) is 2. The lowest BCUT2D eigenvalue weighted by molar-refractivity contribution is 0.853. The summed E-state index contributed by atoms with van der Waals surface area (Å²) in [6.07, 6.45) is 2.13. The van der Waals surface area contributed by atoms with Crippen molar-refractivity contribution in [2.24, 2.45) is 7.05 Å². The molecule has 0 saturated carbocycles. The van der Waals surface area contributed by atoms with Crippen LogP contribution < -0.4 is 0 Å². The number of halogens is 1. The quantitative estimate of drug-likeness (QED) is 0.622. The number of benzene rings is 1. The van der Waals surface area contributed by atoms with Gasteiger partial charge in [-0.3, -0.25) is 0 Å². The van der Waals surface area contributed by atoms with Crippen LogP contribution in [-0.2, 0) is 7.05 Å². The Morgan fingerprint density at radius 3 is 2.62 bits per heavy atom. The minimum absolute atomic E-state index is 0.518. The molecule has 1 unspecified atom stereocenters. The molecule has 0 radical (unpaired) electrons. The molecule has 2 rings (SSSR count). The topological polar surface area (TPSA) is 17.8 Å². The Morgan fingerprint density at radius 1 is 1.31 bits per heavy atom. The maximum absolute atomic E-state index is 4.71. The first-order chi connectivity index (χ1) is 7.72. The Kier molecular flexibility index (Phi) is 3.63. The Hall–Kier alpha value is -0.840. The molecule has 84 valence electrons. The van der Waals surface area contributed by atoms with Gasteiger partial charge in [-0.25, -0.2) is 4.98 Å². The second kappa shape index (κ2) is 4.99. The van der Waals surface area contributed by atoms with Gasteiger partial charge in [0.1, 0.15) is 5.82 Å². The van der Waals surface area contributed by atoms with Crippen LogP contribution in [0.25, 0.3) is 11.4 Å². The van der Waals surface area contributed by atoms with E-state index < -0.39 is 0 Å². The molecule has 0 aliphatic rings. The summed E-state index contributed by atoms with van der Waals surface area (Å²) in [7, 11) is 2.05. The van der Waals surface area contributed by atoms with Gasteiger partial charge < -0.3 is 4.57 Å². The first-order valence-electron chi connectivity index (χ1n) is 5.37. The Bertz CT molecular complexity index is 462. The van der Waals surface area contributed by atoms with E-state index in [4.69, 9.17) is 4.98 Å². The van der Waals surface area contributed by atoms with Crippen molar-refractivity contribution in [2.75, 3.05) is 4.43 Å². The molecule has 0 bridgehead atoms. The highest BCUT2D eigenvalue weighted by atomic mass is 127. The molecule has 1 aromatic heterocycles. The van der Waals surface area contributed by atoms with Crippen molar-refractivity contribution in [2.45, 2.75) is 12.8 Å². The van der Waals surface area contributed by atoms with Crippen molar-refractivity contribution >= 4 is 22.6 Å². The molecule has 0 saturated heterocycles. The number of imidazole rings is 1. The van der Waals surface area contributed by atoms with E-state index in [0.717, 1.165) is 10.3 Å². The summed E-state index contributed by atoms with van der Waals surface area (Å²) >= 11 is 2.40. The SMILES string of the molecule is CC(CI)c1cn(C)c(-c2ccccc2)n1. The molecule has 0 aliphatic heterocycles. The van der Waals surface area contributed by atoms with E-state index >= 15 is 0 Å². The van der Waals surface area contributed by atoms with E-state index in [9.17, 15) is 0 Å². The van der Waals surface area contributed by atoms with Crippen LogP contribution in [-0.4, -0.2) is 14.0 Å². The van der Waals surface area contributed by atoms with Gasteiger partial charge in [-0.2, -0.15) is 0 Å². The third-order valence-corrected chi connectivity index (χ3v) is 3.98. The van der Waals surface area contributed by atoms with Gasteiger partial charge in [0.15, 0.2) is 0 Å². The van der Waals surface area contributed by atoms with Gasteiger partial charge in [-0.1, -0.05) is 59.8 Å². The maximum atomic E-state index is 4.71. The van der Waals surface area contributed by atoms with Crippen LogP contribution in [0.4, 0.5) is 0 Å². The standard InChI is InChI=1S/C13H15IN2/c1-10(8-14)12-9-16(2)13(15-12)11-6-4-3-5-7-11/h3-7,9-10H,8H2,1-2H3. The van der Waals surface area contributed by atoms with E-state index in [0.29, 0.717) is 5.92 Å². The number of hydrogen-bond donors (Lipinski definition) is 0. The van der Waals surface area contributed by atoms with E-state index in [1.807, 2.05) is 18.2 Å². The summed E-state index contributed by atoms with van der Waals surface area (Å²) in [5, 5.41) is 0. The fourth-order valence-electron chi connectivity index (χ4n) is 1.66. The minimum atomic E-state index is 0.518. The van der Waals surface area contributed by atoms with E-state index in [-0.39, 0.29) is 0 Å². The monoisotopic (exact) mass is 326 g/mol. The number of alkyl halides is 1. The number of rotatable bonds is 3. The van der Waals surface area contributed by atoms with Crippen LogP contribution in [0.3, 0.4) is 0 Å². The highest BCUT2D eigenvalue weighted by Gasteiger charge is 2.11. The van der Waals surface area contributed by atoms with Crippen LogP contribution in [0.15, 0.2) is 36.5 Å². The fourth-order valence-corrected chi connectivity index (χ4v) is 2.11. The zero-order valence-corrected chi connectivity index (χ0v) is 11.7. The number of hydrogen-bond acceptors (Lipinski definition) is 1. The van der Waals surface area contributed by atoms with Gasteiger partial charge in [-0.15, -0.1) is 0 Å². The van der Waals surface area contributed by atoms with Gasteiger partial charge in [0.2, 0.25) is 0 Å². The van der Waals surface area contributed by atoms with Crippen LogP contribution in [0.1, 0.15) is 18.5 Å². The third-order valence-electron chi connectivity index (χ3n) is 2.66. The second-order valence-corrected chi connectivity index (χ2v) is 4.90. The summed E-state index contributed by atoms with van der Waals surface area (Å²) in [4.78, 5) is 4.71. The average Bonchev–Trinajstić information content (AvgIpc) is 2.71. The molecule has 16 heavy (non-hydrogen) atoms. The summed E-state index contributed by atoms with van der Waals surface area (Å²) in [6, 6.07) is 10.3. The van der Waals surface area contributed by atoms with Crippen LogP contribution >= 0.6 is 22.6 Å². The van der Waals surface area contributed by atoms with Crippen molar-refractivity contribution in [3.63, 3.8) is 0 Å². The molecule has 1 atom stereocenters. The Labute approximate surface area is 110 Å². The molecule has 1 heterocycles. The van der Waals surface area contributed by atoms with E-state index in [1.165, 1.54) is 11.3 Å². The molecule has 0 spiro atoms. The lowest BCUT2D eigenvalue weighted by atomic mass is 10.1. The lowest BCUT2D eigenvalue weighted by Crippen LogP contribution is -1.93. The molecular formula is C13H15IN2. The molecular weight excluding hydrogens is 311 g/mol. The van der Waals surface area contributed by atoms with Crippen molar-refractivity contribution in [1.82, 2.24) is 9.55 Å². The second-order valence-electron chi connectivity index (χ2n) is 4.02. The summed E-state index contributed by atoms with van der Waals surface area (Å²) in [5.41, 5.74) is 2.35. The number of aromatic nitrogens is 2. The van der Waals surface area contributed by atoms with Gasteiger partial charge in [0, 0.05) is 29.2 Å². The van der Waals surface area contributed by atoms with Crippen molar-refractivity contribution in [1.29, 1.82) is 0 Å². The van der Waals surface area contributed by atoms with Gasteiger partial charge in [0.05, 0.1) is 5.69 Å². The Balaban J connectivity index is 2.40. The third kappa shape index (κ3) is 2.29. The molecule has 0 N–H and O–H groups in total. The van der Waals surface area contributed by atoms with Crippen molar-refractivity contribution < 1.29 is 0 Å². The highest BCUT2D eigenvalue weighted by molar-refractivity contribution is 14.1. The summed E-state index contributed by atoms with van der Waals surface area (Å²) in [6.45, 7) is 2.21. The fraction of sp³-hybridized carbons (Fsp3) is 0.308. The zero-order chi connectivity index (χ0) is 11.5. The van der Waals surface area contributed by atoms with Crippen LogP contribution in [0, 0.1) is 0 Å². The maximum Gasteiger partial charge on any atom is 0.139 e. The lowest BCUT2D eigenvalue weighted by Gasteiger charge is -2.01. The first-order valence-corrected chi connectivity index (χ1v) is 6.89. The molecule has 0 aliphatic carbocycles. The van der Waals surface area contributed by atoms with E-state index in [2.05, 4.69) is 59.5 Å². The largest absolute Gasteiger partial charge is 0.334 e. The Morgan fingerprint density at radius 2 is 2.00 bits per heavy atom. The van der Waals surface area contributed by atoms with Crippen molar-refractivity contribution in [3.8, 4) is 11.4 Å². The van der Waals surface area contributed by atoms with Gasteiger partial charge in [-0.05, 0) is 0 Å². The number of aryl methyl sites for hydroxylation is 1. The molecule has 2 aromatic rings. The van der Waals surface area contributed by atoms with Gasteiger partial charge >= 0.3 is 0 Å². The van der Waals surface area contributed by atoms with Crippen LogP contribution in [0.2, 0.25) is 0 Å². The van der Waals surface area contributed by atoms with Gasteiger partial charge in [0.25, 0.3) is 0 Å². The van der Waals surface area contributed by atoms with Crippen LogP contribution in [0.5, 0.6) is 0 Å². The minimum Gasteiger partial charge on any atom is -0.334 e. The smallest absolute Gasteiger partial charge is 0.139 e. The average molecular weight is 326 g/mol.